The molecule has 0 amide bonds. The van der Waals surface area contributed by atoms with Crippen molar-refractivity contribution in [2.45, 2.75) is 107 Å². The molecule has 2 saturated carbocycles. The van der Waals surface area contributed by atoms with Gasteiger partial charge in [-0.3, -0.25) is 0 Å². The smallest absolute Gasteiger partial charge is 0.0979 e. The molecule has 2 atom stereocenters. The minimum absolute atomic E-state index is 0.0420. The van der Waals surface area contributed by atoms with E-state index < -0.39 is 11.0 Å². The van der Waals surface area contributed by atoms with E-state index in [2.05, 4.69) is 80.1 Å². The van der Waals surface area contributed by atoms with Crippen molar-refractivity contribution in [1.82, 2.24) is 4.72 Å². The molecule has 1 unspecified atom stereocenters. The van der Waals surface area contributed by atoms with Gasteiger partial charge in [-0.2, -0.15) is 0 Å². The van der Waals surface area contributed by atoms with Crippen molar-refractivity contribution >= 4 is 24.2 Å². The Hall–Kier alpha value is -1.02. The van der Waals surface area contributed by atoms with E-state index in [-0.39, 0.29) is 18.7 Å². The van der Waals surface area contributed by atoms with Crippen LogP contribution in [0.2, 0.25) is 0 Å². The molecule has 4 rings (SSSR count). The Balaban J connectivity index is 1.77. The van der Waals surface area contributed by atoms with Crippen LogP contribution >= 0.6 is 7.92 Å². The van der Waals surface area contributed by atoms with Crippen molar-refractivity contribution in [3.05, 3.63) is 65.7 Å². The molecular weight excluding hydrogens is 441 g/mol. The van der Waals surface area contributed by atoms with Gasteiger partial charge in [0.15, 0.2) is 0 Å². The molecule has 0 aromatic heterocycles. The number of nitrogens with one attached hydrogen (secondary N) is 1. The monoisotopic (exact) mass is 483 g/mol. The van der Waals surface area contributed by atoms with Gasteiger partial charge in [0.05, 0.1) is 21.8 Å². The lowest BCUT2D eigenvalue weighted by Gasteiger charge is -2.40. The Kier molecular flexibility index (Phi) is 8.82. The Labute approximate surface area is 205 Å². The summed E-state index contributed by atoms with van der Waals surface area (Å²) in [6.07, 6.45) is 14.0. The van der Waals surface area contributed by atoms with Crippen LogP contribution in [0, 0.1) is 0 Å². The first kappa shape index (κ1) is 25.1. The number of hydrogen-bond donors (Lipinski definition) is 1. The fraction of sp³-hybridized carbons (Fsp3) is 0.586. The predicted molar refractivity (Wildman–Crippen MR) is 146 cm³/mol. The Bertz CT molecular complexity index is 879. The van der Waals surface area contributed by atoms with Gasteiger partial charge in [-0.15, -0.1) is 0 Å². The first-order valence-electron chi connectivity index (χ1n) is 13.1. The molecule has 2 aromatic rings. The SMILES string of the molecule is CC(C)(C)S(=O)N[C@H](c1ccccc1)c1ccccc1P(C1CCCCC1)C1CCCCC1. The fourth-order valence-corrected chi connectivity index (χ4v) is 10.4. The average molecular weight is 484 g/mol. The molecule has 0 heterocycles. The van der Waals surface area contributed by atoms with Crippen molar-refractivity contribution in [1.29, 1.82) is 0 Å². The van der Waals surface area contributed by atoms with Crippen LogP contribution in [0.3, 0.4) is 0 Å². The summed E-state index contributed by atoms with van der Waals surface area (Å²) in [6, 6.07) is 19.8. The Morgan fingerprint density at radius 3 is 1.85 bits per heavy atom. The lowest BCUT2D eigenvalue weighted by Crippen LogP contribution is -2.38. The summed E-state index contributed by atoms with van der Waals surface area (Å²) >= 11 is 0. The maximum atomic E-state index is 13.3. The van der Waals surface area contributed by atoms with E-state index in [0.29, 0.717) is 0 Å². The number of hydrogen-bond acceptors (Lipinski definition) is 1. The topological polar surface area (TPSA) is 29.1 Å². The van der Waals surface area contributed by atoms with Crippen molar-refractivity contribution in [3.63, 3.8) is 0 Å². The van der Waals surface area contributed by atoms with Crippen LogP contribution < -0.4 is 10.0 Å². The zero-order valence-corrected chi connectivity index (χ0v) is 22.5. The van der Waals surface area contributed by atoms with Crippen molar-refractivity contribution in [2.24, 2.45) is 0 Å². The fourth-order valence-electron chi connectivity index (χ4n) is 5.62. The zero-order valence-electron chi connectivity index (χ0n) is 20.8. The van der Waals surface area contributed by atoms with Crippen molar-refractivity contribution in [3.8, 4) is 0 Å². The summed E-state index contributed by atoms with van der Waals surface area (Å²) in [5, 5.41) is 1.58. The summed E-state index contributed by atoms with van der Waals surface area (Å²) in [4.78, 5) is 0. The third-order valence-corrected chi connectivity index (χ3v) is 12.5. The van der Waals surface area contributed by atoms with Crippen LogP contribution in [0.5, 0.6) is 0 Å². The molecule has 180 valence electrons. The largest absolute Gasteiger partial charge is 0.242 e. The van der Waals surface area contributed by atoms with Gasteiger partial charge in [-0.25, -0.2) is 8.93 Å². The minimum Gasteiger partial charge on any atom is -0.242 e. The van der Waals surface area contributed by atoms with Crippen LogP contribution in [-0.2, 0) is 11.0 Å². The molecule has 4 heteroatoms. The maximum Gasteiger partial charge on any atom is 0.0979 e. The molecule has 33 heavy (non-hydrogen) atoms. The van der Waals surface area contributed by atoms with Crippen LogP contribution in [-0.4, -0.2) is 20.3 Å². The molecule has 2 aliphatic carbocycles. The molecule has 0 saturated heterocycles. The first-order valence-corrected chi connectivity index (χ1v) is 15.7. The zero-order chi connectivity index (χ0) is 23.3. The van der Waals surface area contributed by atoms with E-state index in [1.807, 2.05) is 0 Å². The number of benzene rings is 2. The highest BCUT2D eigenvalue weighted by molar-refractivity contribution is 7.84. The van der Waals surface area contributed by atoms with Crippen molar-refractivity contribution in [2.75, 3.05) is 0 Å². The van der Waals surface area contributed by atoms with Gasteiger partial charge in [0.2, 0.25) is 0 Å². The van der Waals surface area contributed by atoms with Crippen LogP contribution in [0.1, 0.15) is 102 Å². The van der Waals surface area contributed by atoms with E-state index in [0.717, 1.165) is 11.3 Å². The van der Waals surface area contributed by atoms with Gasteiger partial charge in [0.1, 0.15) is 0 Å². The molecule has 2 fully saturated rings. The summed E-state index contributed by atoms with van der Waals surface area (Å²) in [5.41, 5.74) is 4.28. The van der Waals surface area contributed by atoms with Gasteiger partial charge in [0, 0.05) is 0 Å². The van der Waals surface area contributed by atoms with Crippen LogP contribution in [0.4, 0.5) is 0 Å². The molecule has 0 spiro atoms. The lowest BCUT2D eigenvalue weighted by atomic mass is 9.99. The average Bonchev–Trinajstić information content (AvgIpc) is 2.84. The Morgan fingerprint density at radius 1 is 0.788 bits per heavy atom. The second-order valence-electron chi connectivity index (χ2n) is 10.9. The second kappa shape index (κ2) is 11.6. The summed E-state index contributed by atoms with van der Waals surface area (Å²) in [5.74, 6) is 0. The molecule has 1 N–H and O–H groups in total. The highest BCUT2D eigenvalue weighted by Gasteiger charge is 2.35. The van der Waals surface area contributed by atoms with Crippen molar-refractivity contribution < 1.29 is 4.21 Å². The molecule has 2 nitrogen and oxygen atoms in total. The standard InChI is InChI=1S/C29H42NOPS/c1-29(2,3)33(31)30-28(23-15-7-4-8-16-23)26-21-13-14-22-27(26)32(24-17-9-5-10-18-24)25-19-11-6-12-20-25/h4,7-8,13-16,21-22,24-25,28,30H,5-6,9-12,17-20H2,1-3H3/t28-,33?/m1/s1. The van der Waals surface area contributed by atoms with Gasteiger partial charge >= 0.3 is 0 Å². The lowest BCUT2D eigenvalue weighted by molar-refractivity contribution is 0.487. The molecule has 0 aliphatic heterocycles. The third-order valence-electron chi connectivity index (χ3n) is 7.38. The molecule has 0 radical (unpaired) electrons. The van der Waals surface area contributed by atoms with E-state index in [1.54, 1.807) is 5.30 Å². The highest BCUT2D eigenvalue weighted by atomic mass is 32.2. The van der Waals surface area contributed by atoms with Gasteiger partial charge < -0.3 is 0 Å². The third kappa shape index (κ3) is 6.36. The number of rotatable bonds is 7. The van der Waals surface area contributed by atoms with E-state index >= 15 is 0 Å². The van der Waals surface area contributed by atoms with Crippen LogP contribution in [0.25, 0.3) is 0 Å². The van der Waals surface area contributed by atoms with E-state index in [9.17, 15) is 4.21 Å². The second-order valence-corrected chi connectivity index (χ2v) is 15.6. The molecular formula is C29H42NOPS. The Morgan fingerprint density at radius 2 is 1.30 bits per heavy atom. The first-order chi connectivity index (χ1) is 15.9. The van der Waals surface area contributed by atoms with Gasteiger partial charge in [0.25, 0.3) is 0 Å². The predicted octanol–water partition coefficient (Wildman–Crippen LogP) is 7.60. The molecule has 2 aliphatic rings. The normalized spacial score (nSPS) is 20.6. The maximum absolute atomic E-state index is 13.3. The van der Waals surface area contributed by atoms with Crippen LogP contribution in [0.15, 0.2) is 54.6 Å². The summed E-state index contributed by atoms with van der Waals surface area (Å²) in [7, 11) is -1.37. The highest BCUT2D eigenvalue weighted by Crippen LogP contribution is 2.56. The molecule has 2 aromatic carbocycles. The summed E-state index contributed by atoms with van der Waals surface area (Å²) < 4.78 is 16.6. The van der Waals surface area contributed by atoms with E-state index in [1.165, 1.54) is 75.3 Å². The quantitative estimate of drug-likeness (QED) is 0.404. The molecule has 0 bridgehead atoms. The van der Waals surface area contributed by atoms with E-state index in [4.69, 9.17) is 0 Å². The van der Waals surface area contributed by atoms with Gasteiger partial charge in [-0.1, -0.05) is 101 Å². The van der Waals surface area contributed by atoms with Gasteiger partial charge in [-0.05, 0) is 74.2 Å². The summed E-state index contributed by atoms with van der Waals surface area (Å²) in [6.45, 7) is 6.17. The minimum atomic E-state index is -1.14.